The summed E-state index contributed by atoms with van der Waals surface area (Å²) in [5.41, 5.74) is 0.117. The predicted molar refractivity (Wildman–Crippen MR) is 97.8 cm³/mol. The lowest BCUT2D eigenvalue weighted by Crippen LogP contribution is -2.71. The minimum absolute atomic E-state index is 0. The Balaban J connectivity index is 0.00000192. The Kier molecular flexibility index (Phi) is 5.88. The second kappa shape index (κ2) is 7.33. The molecule has 8 heteroatoms. The minimum Gasteiger partial charge on any atom is -0.377 e. The lowest BCUT2D eigenvalue weighted by Gasteiger charge is -2.60. The van der Waals surface area contributed by atoms with E-state index < -0.39 is 0 Å². The molecule has 3 atom stereocenters. The highest BCUT2D eigenvalue weighted by atomic mass is 127. The van der Waals surface area contributed by atoms with E-state index in [9.17, 15) is 0 Å². The smallest absolute Gasteiger partial charge is 0.223 e. The highest BCUT2D eigenvalue weighted by Crippen LogP contribution is 2.51. The molecule has 0 bridgehead atoms. The van der Waals surface area contributed by atoms with Gasteiger partial charge in [-0.3, -0.25) is 4.99 Å². The number of ether oxygens (including phenoxy) is 1. The second-order valence-electron chi connectivity index (χ2n) is 6.70. The molecule has 0 amide bonds. The fourth-order valence-electron chi connectivity index (χ4n) is 3.73. The number of hydrogen-bond donors (Lipinski definition) is 2. The Labute approximate surface area is 154 Å². The van der Waals surface area contributed by atoms with Gasteiger partial charge in [0.2, 0.25) is 5.89 Å². The summed E-state index contributed by atoms with van der Waals surface area (Å²) < 4.78 is 10.9. The van der Waals surface area contributed by atoms with Gasteiger partial charge < -0.3 is 19.9 Å². The predicted octanol–water partition coefficient (Wildman–Crippen LogP) is 1.86. The van der Waals surface area contributed by atoms with E-state index in [1.165, 1.54) is 6.42 Å². The number of aliphatic imine (C=N–C) groups is 1. The van der Waals surface area contributed by atoms with Crippen LogP contribution in [0.15, 0.2) is 9.52 Å². The third-order valence-electron chi connectivity index (χ3n) is 4.83. The maximum Gasteiger partial charge on any atom is 0.223 e. The first-order chi connectivity index (χ1) is 10.5. The van der Waals surface area contributed by atoms with Crippen molar-refractivity contribution in [2.24, 2.45) is 16.3 Å². The molecule has 0 radical (unpaired) electrons. The molecule has 0 aromatic carbocycles. The average Bonchev–Trinajstić information content (AvgIpc) is 2.93. The Morgan fingerprint density at radius 1 is 1.43 bits per heavy atom. The fraction of sp³-hybridized carbons (Fsp3) is 0.800. The molecule has 130 valence electrons. The number of hydrogen-bond acceptors (Lipinski definition) is 5. The summed E-state index contributed by atoms with van der Waals surface area (Å²) in [6.45, 7) is 7.68. The summed E-state index contributed by atoms with van der Waals surface area (Å²) in [6, 6.07) is 0.371. The third kappa shape index (κ3) is 3.62. The number of rotatable bonds is 3. The number of aromatic nitrogens is 2. The van der Waals surface area contributed by atoms with Crippen LogP contribution < -0.4 is 10.6 Å². The number of aryl methyl sites for hydroxylation is 1. The van der Waals surface area contributed by atoms with Crippen molar-refractivity contribution in [1.29, 1.82) is 0 Å². The van der Waals surface area contributed by atoms with Crippen molar-refractivity contribution in [3.63, 3.8) is 0 Å². The van der Waals surface area contributed by atoms with Gasteiger partial charge in [-0.05, 0) is 12.8 Å². The van der Waals surface area contributed by atoms with Gasteiger partial charge in [-0.1, -0.05) is 19.0 Å². The maximum absolute atomic E-state index is 5.94. The molecule has 1 saturated carbocycles. The average molecular weight is 435 g/mol. The highest BCUT2D eigenvalue weighted by Gasteiger charge is 2.58. The Hall–Kier alpha value is -0.900. The van der Waals surface area contributed by atoms with Crippen LogP contribution in [0.1, 0.15) is 38.4 Å². The first-order valence-electron chi connectivity index (χ1n) is 7.90. The van der Waals surface area contributed by atoms with Crippen molar-refractivity contribution in [2.75, 3.05) is 13.7 Å². The van der Waals surface area contributed by atoms with Gasteiger partial charge in [0.25, 0.3) is 0 Å². The van der Waals surface area contributed by atoms with Crippen molar-refractivity contribution in [1.82, 2.24) is 20.8 Å². The van der Waals surface area contributed by atoms with Gasteiger partial charge in [-0.2, -0.15) is 4.98 Å². The molecule has 3 rings (SSSR count). The van der Waals surface area contributed by atoms with E-state index in [4.69, 9.17) is 9.26 Å². The van der Waals surface area contributed by atoms with Gasteiger partial charge in [-0.25, -0.2) is 0 Å². The quantitative estimate of drug-likeness (QED) is 0.429. The van der Waals surface area contributed by atoms with Gasteiger partial charge >= 0.3 is 0 Å². The van der Waals surface area contributed by atoms with Crippen molar-refractivity contribution in [3.05, 3.63) is 11.7 Å². The monoisotopic (exact) mass is 435 g/mol. The number of nitrogens with zero attached hydrogens (tertiary/aromatic N) is 3. The normalized spacial score (nSPS) is 29.0. The number of guanidine groups is 1. The van der Waals surface area contributed by atoms with Crippen LogP contribution in [0.25, 0.3) is 0 Å². The van der Waals surface area contributed by atoms with E-state index in [-0.39, 0.29) is 29.4 Å². The number of nitrogens with one attached hydrogen (secondary N) is 2. The lowest BCUT2D eigenvalue weighted by molar-refractivity contribution is -0.188. The second-order valence-corrected chi connectivity index (χ2v) is 6.70. The van der Waals surface area contributed by atoms with E-state index in [1.807, 2.05) is 0 Å². The highest BCUT2D eigenvalue weighted by molar-refractivity contribution is 14.0. The third-order valence-corrected chi connectivity index (χ3v) is 4.83. The fourth-order valence-corrected chi connectivity index (χ4v) is 3.73. The van der Waals surface area contributed by atoms with E-state index in [2.05, 4.69) is 39.6 Å². The first-order valence-corrected chi connectivity index (χ1v) is 7.90. The molecule has 1 saturated heterocycles. The molecule has 0 spiro atoms. The van der Waals surface area contributed by atoms with Crippen molar-refractivity contribution in [2.45, 2.75) is 52.3 Å². The zero-order chi connectivity index (χ0) is 15.7. The summed E-state index contributed by atoms with van der Waals surface area (Å²) in [7, 11) is 1.78. The molecule has 1 aliphatic carbocycles. The number of fused-ring (bicyclic) bond motifs is 1. The molecule has 2 aliphatic rings. The zero-order valence-electron chi connectivity index (χ0n) is 14.1. The molecule has 7 nitrogen and oxygen atoms in total. The minimum atomic E-state index is 0. The van der Waals surface area contributed by atoms with Gasteiger partial charge in [-0.15, -0.1) is 24.0 Å². The van der Waals surface area contributed by atoms with E-state index in [0.717, 1.165) is 19.0 Å². The summed E-state index contributed by atoms with van der Waals surface area (Å²) in [4.78, 5) is 8.48. The van der Waals surface area contributed by atoms with Crippen molar-refractivity contribution < 1.29 is 9.26 Å². The van der Waals surface area contributed by atoms with Crippen molar-refractivity contribution in [3.8, 4) is 0 Å². The van der Waals surface area contributed by atoms with Gasteiger partial charge in [0, 0.05) is 38.0 Å². The summed E-state index contributed by atoms with van der Waals surface area (Å²) >= 11 is 0. The molecule has 23 heavy (non-hydrogen) atoms. The first kappa shape index (κ1) is 18.4. The zero-order valence-corrected chi connectivity index (χ0v) is 16.5. The van der Waals surface area contributed by atoms with E-state index >= 15 is 0 Å². The van der Waals surface area contributed by atoms with Crippen LogP contribution in [-0.2, 0) is 11.3 Å². The molecule has 2 fully saturated rings. The van der Waals surface area contributed by atoms with Crippen LogP contribution in [0.5, 0.6) is 0 Å². The van der Waals surface area contributed by atoms with Gasteiger partial charge in [0.05, 0.1) is 12.6 Å². The molecular weight excluding hydrogens is 409 g/mol. The molecule has 1 aromatic heterocycles. The van der Waals surface area contributed by atoms with Crippen molar-refractivity contribution >= 4 is 29.9 Å². The number of halogens is 1. The van der Waals surface area contributed by atoms with E-state index in [0.29, 0.717) is 36.3 Å². The summed E-state index contributed by atoms with van der Waals surface area (Å²) in [5.74, 6) is 2.54. The van der Waals surface area contributed by atoms with Crippen LogP contribution in [0.3, 0.4) is 0 Å². The molecule has 2 N–H and O–H groups in total. The Morgan fingerprint density at radius 2 is 2.22 bits per heavy atom. The van der Waals surface area contributed by atoms with Crippen LogP contribution in [0.2, 0.25) is 0 Å². The standard InChI is InChI=1S/C15H25N5O2.HI/c1-9-18-11(20-22-9)8-17-14(16-4)19-12-10-6-5-7-21-13(10)15(12,2)3;/h10,12-13H,5-8H2,1-4H3,(H2,16,17,19);1H. The molecule has 1 aliphatic heterocycles. The molecular formula is C15H26IN5O2. The SMILES string of the molecule is CN=C(NCc1noc(C)n1)NC1C2CCCOC2C1(C)C.I. The summed E-state index contributed by atoms with van der Waals surface area (Å²) in [6.07, 6.45) is 2.72. The van der Waals surface area contributed by atoms with E-state index in [1.54, 1.807) is 14.0 Å². The molecule has 1 aromatic rings. The Morgan fingerprint density at radius 3 is 2.87 bits per heavy atom. The molecule has 2 heterocycles. The van der Waals surface area contributed by atoms with Gasteiger partial charge in [0.1, 0.15) is 0 Å². The largest absolute Gasteiger partial charge is 0.377 e. The van der Waals surface area contributed by atoms with Crippen LogP contribution >= 0.6 is 24.0 Å². The lowest BCUT2D eigenvalue weighted by atomic mass is 9.55. The van der Waals surface area contributed by atoms with Crippen LogP contribution in [0.4, 0.5) is 0 Å². The van der Waals surface area contributed by atoms with Gasteiger partial charge in [0.15, 0.2) is 11.8 Å². The maximum atomic E-state index is 5.94. The van der Waals surface area contributed by atoms with Crippen LogP contribution in [-0.4, -0.2) is 41.9 Å². The molecule has 3 unspecified atom stereocenters. The topological polar surface area (TPSA) is 84.6 Å². The summed E-state index contributed by atoms with van der Waals surface area (Å²) in [5, 5.41) is 10.7. The Bertz CT molecular complexity index is 560. The van der Waals surface area contributed by atoms with Crippen LogP contribution in [0, 0.1) is 18.3 Å².